The van der Waals surface area contributed by atoms with Crippen molar-refractivity contribution in [2.45, 2.75) is 97.3 Å². The van der Waals surface area contributed by atoms with Crippen LogP contribution in [0.15, 0.2) is 12.7 Å². The number of amides is 1. The van der Waals surface area contributed by atoms with Crippen LogP contribution in [0.25, 0.3) is 0 Å². The van der Waals surface area contributed by atoms with Crippen molar-refractivity contribution in [1.82, 2.24) is 4.90 Å². The van der Waals surface area contributed by atoms with Gasteiger partial charge < -0.3 is 4.90 Å². The summed E-state index contributed by atoms with van der Waals surface area (Å²) in [6.07, 6.45) is 18.8. The molecule has 0 bridgehead atoms. The molecule has 0 radical (unpaired) electrons. The molecule has 0 aliphatic heterocycles. The van der Waals surface area contributed by atoms with E-state index < -0.39 is 0 Å². The van der Waals surface area contributed by atoms with Gasteiger partial charge in [-0.3, -0.25) is 4.79 Å². The second-order valence-corrected chi connectivity index (χ2v) is 6.42. The quantitative estimate of drug-likeness (QED) is 0.249. The summed E-state index contributed by atoms with van der Waals surface area (Å²) in [6.45, 7) is 9.73. The van der Waals surface area contributed by atoms with E-state index in [0.29, 0.717) is 0 Å². The van der Waals surface area contributed by atoms with E-state index in [2.05, 4.69) is 20.4 Å². The minimum atomic E-state index is 0.0879. The molecule has 130 valence electrons. The third kappa shape index (κ3) is 12.9. The van der Waals surface area contributed by atoms with Crippen molar-refractivity contribution in [3.8, 4) is 0 Å². The number of carbonyl (C=O) groups is 1. The van der Waals surface area contributed by atoms with Gasteiger partial charge in [-0.1, -0.05) is 91.1 Å². The molecule has 0 rings (SSSR count). The largest absolute Gasteiger partial charge is 0.339 e. The fraction of sp³-hybridized carbons (Fsp3) is 0.850. The Hall–Kier alpha value is -0.790. The molecule has 22 heavy (non-hydrogen) atoms. The molecular formula is C20H39NO. The fourth-order valence-corrected chi connectivity index (χ4v) is 2.87. The number of rotatable bonds is 16. The smallest absolute Gasteiger partial charge is 0.245 e. The minimum Gasteiger partial charge on any atom is -0.339 e. The Labute approximate surface area is 139 Å². The zero-order valence-electron chi connectivity index (χ0n) is 15.2. The first-order valence-electron chi connectivity index (χ1n) is 9.67. The van der Waals surface area contributed by atoms with Gasteiger partial charge in [0, 0.05) is 13.1 Å². The van der Waals surface area contributed by atoms with Crippen LogP contribution in [0, 0.1) is 0 Å². The van der Waals surface area contributed by atoms with Crippen molar-refractivity contribution in [3.63, 3.8) is 0 Å². The van der Waals surface area contributed by atoms with E-state index in [0.717, 1.165) is 25.9 Å². The Kier molecular flexibility index (Phi) is 16.0. The van der Waals surface area contributed by atoms with Gasteiger partial charge in [0.2, 0.25) is 5.91 Å². The van der Waals surface area contributed by atoms with Crippen molar-refractivity contribution in [3.05, 3.63) is 12.7 Å². The van der Waals surface area contributed by atoms with E-state index in [-0.39, 0.29) is 5.91 Å². The Morgan fingerprint density at radius 2 is 1.18 bits per heavy atom. The molecule has 0 atom stereocenters. The summed E-state index contributed by atoms with van der Waals surface area (Å²) < 4.78 is 0. The van der Waals surface area contributed by atoms with Crippen LogP contribution < -0.4 is 0 Å². The molecule has 0 aliphatic rings. The Morgan fingerprint density at radius 3 is 1.59 bits per heavy atom. The van der Waals surface area contributed by atoms with Gasteiger partial charge in [-0.25, -0.2) is 0 Å². The van der Waals surface area contributed by atoms with Gasteiger partial charge in [0.15, 0.2) is 0 Å². The van der Waals surface area contributed by atoms with E-state index >= 15 is 0 Å². The zero-order valence-corrected chi connectivity index (χ0v) is 15.2. The lowest BCUT2D eigenvalue weighted by Crippen LogP contribution is -2.31. The Morgan fingerprint density at radius 1 is 0.727 bits per heavy atom. The molecular weight excluding hydrogens is 270 g/mol. The predicted octanol–water partition coefficient (Wildman–Crippen LogP) is 6.11. The number of carbonyl (C=O) groups excluding carboxylic acids is 1. The first kappa shape index (κ1) is 21.2. The van der Waals surface area contributed by atoms with E-state index in [1.807, 2.05) is 4.90 Å². The van der Waals surface area contributed by atoms with Gasteiger partial charge in [0.1, 0.15) is 0 Å². The average molecular weight is 310 g/mol. The van der Waals surface area contributed by atoms with Crippen LogP contribution in [0.3, 0.4) is 0 Å². The van der Waals surface area contributed by atoms with Gasteiger partial charge in [0.25, 0.3) is 0 Å². The molecule has 0 aromatic carbocycles. The van der Waals surface area contributed by atoms with Crippen molar-refractivity contribution >= 4 is 5.91 Å². The number of nitrogens with zero attached hydrogens (tertiary/aromatic N) is 1. The molecule has 0 aromatic heterocycles. The maximum atomic E-state index is 11.6. The van der Waals surface area contributed by atoms with Gasteiger partial charge in [0.05, 0.1) is 0 Å². The standard InChI is InChI=1S/C20H39NO/c1-4-7-8-9-10-11-12-13-14-15-16-17-19-21(18-5-2)20(22)6-3/h6H,3-5,7-19H2,1-2H3. The summed E-state index contributed by atoms with van der Waals surface area (Å²) in [4.78, 5) is 13.6. The van der Waals surface area contributed by atoms with Crippen LogP contribution in [-0.4, -0.2) is 23.9 Å². The molecule has 0 fully saturated rings. The molecule has 0 heterocycles. The normalized spacial score (nSPS) is 10.6. The molecule has 0 N–H and O–H groups in total. The number of hydrogen-bond donors (Lipinski definition) is 0. The third-order valence-corrected chi connectivity index (χ3v) is 4.26. The summed E-state index contributed by atoms with van der Waals surface area (Å²) in [7, 11) is 0. The Bertz CT molecular complexity index is 262. The van der Waals surface area contributed by atoms with E-state index in [1.54, 1.807) is 0 Å². The van der Waals surface area contributed by atoms with E-state index in [9.17, 15) is 4.79 Å². The van der Waals surface area contributed by atoms with Crippen LogP contribution in [0.1, 0.15) is 97.3 Å². The molecule has 0 saturated heterocycles. The van der Waals surface area contributed by atoms with Crippen LogP contribution in [-0.2, 0) is 4.79 Å². The highest BCUT2D eigenvalue weighted by Crippen LogP contribution is 2.12. The topological polar surface area (TPSA) is 20.3 Å². The fourth-order valence-electron chi connectivity index (χ4n) is 2.87. The lowest BCUT2D eigenvalue weighted by molar-refractivity contribution is -0.126. The maximum absolute atomic E-state index is 11.6. The molecule has 2 nitrogen and oxygen atoms in total. The molecule has 0 unspecified atom stereocenters. The number of hydrogen-bond acceptors (Lipinski definition) is 1. The summed E-state index contributed by atoms with van der Waals surface area (Å²) in [5, 5.41) is 0. The highest BCUT2D eigenvalue weighted by molar-refractivity contribution is 5.86. The lowest BCUT2D eigenvalue weighted by atomic mass is 10.1. The van der Waals surface area contributed by atoms with Gasteiger partial charge in [-0.2, -0.15) is 0 Å². The molecule has 0 saturated carbocycles. The van der Waals surface area contributed by atoms with Crippen molar-refractivity contribution in [2.75, 3.05) is 13.1 Å². The second-order valence-electron chi connectivity index (χ2n) is 6.42. The lowest BCUT2D eigenvalue weighted by Gasteiger charge is -2.20. The SMILES string of the molecule is C=CC(=O)N(CCC)CCCCCCCCCCCCCC. The number of unbranched alkanes of at least 4 members (excludes halogenated alkanes) is 11. The Balaban J connectivity index is 3.34. The first-order valence-corrected chi connectivity index (χ1v) is 9.67. The highest BCUT2D eigenvalue weighted by Gasteiger charge is 2.07. The van der Waals surface area contributed by atoms with E-state index in [1.165, 1.54) is 76.7 Å². The van der Waals surface area contributed by atoms with Crippen molar-refractivity contribution < 1.29 is 4.79 Å². The minimum absolute atomic E-state index is 0.0879. The second kappa shape index (κ2) is 16.6. The summed E-state index contributed by atoms with van der Waals surface area (Å²) >= 11 is 0. The third-order valence-electron chi connectivity index (χ3n) is 4.26. The molecule has 1 amide bonds. The highest BCUT2D eigenvalue weighted by atomic mass is 16.2. The molecule has 2 heteroatoms. The molecule has 0 spiro atoms. The van der Waals surface area contributed by atoms with Gasteiger partial charge in [-0.15, -0.1) is 0 Å². The van der Waals surface area contributed by atoms with Crippen LogP contribution in [0.4, 0.5) is 0 Å². The van der Waals surface area contributed by atoms with Crippen molar-refractivity contribution in [2.24, 2.45) is 0 Å². The maximum Gasteiger partial charge on any atom is 0.245 e. The van der Waals surface area contributed by atoms with Crippen LogP contribution in [0.2, 0.25) is 0 Å². The average Bonchev–Trinajstić information content (AvgIpc) is 2.54. The predicted molar refractivity (Wildman–Crippen MR) is 98.1 cm³/mol. The summed E-state index contributed by atoms with van der Waals surface area (Å²) in [5.41, 5.74) is 0. The molecule has 0 aliphatic carbocycles. The van der Waals surface area contributed by atoms with Crippen molar-refractivity contribution in [1.29, 1.82) is 0 Å². The summed E-state index contributed by atoms with van der Waals surface area (Å²) in [5.74, 6) is 0.0879. The first-order chi connectivity index (χ1) is 10.8. The van der Waals surface area contributed by atoms with Gasteiger partial charge >= 0.3 is 0 Å². The monoisotopic (exact) mass is 309 g/mol. The molecule has 0 aromatic rings. The van der Waals surface area contributed by atoms with Gasteiger partial charge in [-0.05, 0) is 18.9 Å². The summed E-state index contributed by atoms with van der Waals surface area (Å²) in [6, 6.07) is 0. The van der Waals surface area contributed by atoms with Crippen LogP contribution >= 0.6 is 0 Å². The zero-order chi connectivity index (χ0) is 16.5. The van der Waals surface area contributed by atoms with Crippen LogP contribution in [0.5, 0.6) is 0 Å². The van der Waals surface area contributed by atoms with E-state index in [4.69, 9.17) is 0 Å².